The van der Waals surface area contributed by atoms with E-state index >= 15 is 0 Å². The van der Waals surface area contributed by atoms with Gasteiger partial charge in [0.1, 0.15) is 23.9 Å². The molecular weight excluding hydrogens is 224 g/mol. The Balaban J connectivity index is 3.02. The Kier molecular flexibility index (Phi) is 3.92. The molecule has 0 atom stereocenters. The zero-order valence-corrected chi connectivity index (χ0v) is 8.78. The first-order valence-electron chi connectivity index (χ1n) is 4.18. The van der Waals surface area contributed by atoms with Crippen LogP contribution in [0.1, 0.15) is 0 Å². The minimum atomic E-state index is -0.252. The standard InChI is InChI=1S/C11H5ClN4/c12-9-1-3-10(4-2-9)16-11(7-15)8(5-13)6-14/h1-4,16H. The Morgan fingerprint density at radius 1 is 1.00 bits per heavy atom. The fourth-order valence-electron chi connectivity index (χ4n) is 0.961. The van der Waals surface area contributed by atoms with Gasteiger partial charge in [-0.25, -0.2) is 0 Å². The van der Waals surface area contributed by atoms with Crippen LogP contribution in [-0.4, -0.2) is 0 Å². The van der Waals surface area contributed by atoms with Crippen LogP contribution in [0, 0.1) is 34.0 Å². The van der Waals surface area contributed by atoms with E-state index in [-0.39, 0.29) is 11.3 Å². The van der Waals surface area contributed by atoms with Gasteiger partial charge in [-0.3, -0.25) is 0 Å². The van der Waals surface area contributed by atoms with Crippen LogP contribution < -0.4 is 5.32 Å². The second-order valence-corrected chi connectivity index (χ2v) is 3.15. The molecule has 0 heterocycles. The number of allylic oxidation sites excluding steroid dienone is 2. The van der Waals surface area contributed by atoms with Crippen LogP contribution >= 0.6 is 11.6 Å². The van der Waals surface area contributed by atoms with Crippen molar-refractivity contribution in [2.24, 2.45) is 0 Å². The molecule has 1 aromatic carbocycles. The Labute approximate surface area is 97.6 Å². The quantitative estimate of drug-likeness (QED) is 0.789. The topological polar surface area (TPSA) is 83.4 Å². The molecule has 0 aliphatic heterocycles. The molecule has 0 aromatic heterocycles. The summed E-state index contributed by atoms with van der Waals surface area (Å²) in [6.07, 6.45) is 0. The SMILES string of the molecule is N#CC(C#N)=C(C#N)Nc1ccc(Cl)cc1. The van der Waals surface area contributed by atoms with Gasteiger partial charge in [-0.05, 0) is 24.3 Å². The Morgan fingerprint density at radius 2 is 1.56 bits per heavy atom. The molecule has 76 valence electrons. The first-order chi connectivity index (χ1) is 7.71. The highest BCUT2D eigenvalue weighted by atomic mass is 35.5. The number of benzene rings is 1. The number of halogens is 1. The van der Waals surface area contributed by atoms with Gasteiger partial charge in [-0.2, -0.15) is 15.8 Å². The maximum Gasteiger partial charge on any atom is 0.163 e. The second-order valence-electron chi connectivity index (χ2n) is 2.72. The van der Waals surface area contributed by atoms with Crippen LogP contribution in [0.5, 0.6) is 0 Å². The summed E-state index contributed by atoms with van der Waals surface area (Å²) in [6.45, 7) is 0. The Hall–Kier alpha value is -2.48. The zero-order valence-electron chi connectivity index (χ0n) is 8.03. The van der Waals surface area contributed by atoms with E-state index in [1.165, 1.54) is 0 Å². The van der Waals surface area contributed by atoms with Gasteiger partial charge in [0.15, 0.2) is 5.57 Å². The van der Waals surface area contributed by atoms with E-state index < -0.39 is 0 Å². The summed E-state index contributed by atoms with van der Waals surface area (Å²) in [4.78, 5) is 0. The molecule has 1 aromatic rings. The number of nitriles is 3. The van der Waals surface area contributed by atoms with Crippen LogP contribution in [-0.2, 0) is 0 Å². The van der Waals surface area contributed by atoms with Crippen LogP contribution in [0.2, 0.25) is 5.02 Å². The predicted octanol–water partition coefficient (Wildman–Crippen LogP) is 2.58. The zero-order chi connectivity index (χ0) is 12.0. The van der Waals surface area contributed by atoms with Crippen molar-refractivity contribution in [3.63, 3.8) is 0 Å². The molecule has 0 radical (unpaired) electrons. The largest absolute Gasteiger partial charge is 0.345 e. The number of nitrogens with zero attached hydrogens (tertiary/aromatic N) is 3. The monoisotopic (exact) mass is 228 g/mol. The minimum Gasteiger partial charge on any atom is -0.345 e. The smallest absolute Gasteiger partial charge is 0.163 e. The van der Waals surface area contributed by atoms with E-state index in [9.17, 15) is 0 Å². The molecule has 4 nitrogen and oxygen atoms in total. The van der Waals surface area contributed by atoms with E-state index in [4.69, 9.17) is 27.4 Å². The molecule has 0 unspecified atom stereocenters. The van der Waals surface area contributed by atoms with Crippen LogP contribution in [0.15, 0.2) is 35.5 Å². The lowest BCUT2D eigenvalue weighted by Gasteiger charge is -2.03. The number of hydrogen-bond donors (Lipinski definition) is 1. The van der Waals surface area contributed by atoms with Crippen molar-refractivity contribution >= 4 is 17.3 Å². The van der Waals surface area contributed by atoms with Crippen molar-refractivity contribution in [1.82, 2.24) is 0 Å². The molecule has 1 rings (SSSR count). The highest BCUT2D eigenvalue weighted by Gasteiger charge is 2.05. The van der Waals surface area contributed by atoms with Gasteiger partial charge < -0.3 is 5.32 Å². The summed E-state index contributed by atoms with van der Waals surface area (Å²) in [6, 6.07) is 11.6. The fraction of sp³-hybridized carbons (Fsp3) is 0. The Morgan fingerprint density at radius 3 is 2.00 bits per heavy atom. The number of anilines is 1. The Bertz CT molecular complexity index is 521. The average molecular weight is 229 g/mol. The number of rotatable bonds is 2. The third kappa shape index (κ3) is 2.75. The molecule has 0 spiro atoms. The second kappa shape index (κ2) is 5.41. The molecule has 0 amide bonds. The lowest BCUT2D eigenvalue weighted by atomic mass is 10.2. The van der Waals surface area contributed by atoms with Crippen molar-refractivity contribution in [1.29, 1.82) is 15.8 Å². The van der Waals surface area contributed by atoms with Gasteiger partial charge in [0.05, 0.1) is 0 Å². The normalized spacial score (nSPS) is 8.12. The molecule has 0 saturated carbocycles. The average Bonchev–Trinajstić information content (AvgIpc) is 2.32. The summed E-state index contributed by atoms with van der Waals surface area (Å²) in [5.41, 5.74) is 0.258. The summed E-state index contributed by atoms with van der Waals surface area (Å²) in [5, 5.41) is 29.2. The van der Waals surface area contributed by atoms with Crippen LogP contribution in [0.3, 0.4) is 0 Å². The molecule has 0 fully saturated rings. The van der Waals surface area contributed by atoms with Crippen LogP contribution in [0.25, 0.3) is 0 Å². The van der Waals surface area contributed by atoms with Crippen molar-refractivity contribution in [3.05, 3.63) is 40.6 Å². The summed E-state index contributed by atoms with van der Waals surface area (Å²) in [7, 11) is 0. The highest BCUT2D eigenvalue weighted by Crippen LogP contribution is 2.15. The fourth-order valence-corrected chi connectivity index (χ4v) is 1.09. The molecule has 0 bridgehead atoms. The minimum absolute atomic E-state index is 0.0766. The molecule has 5 heteroatoms. The first-order valence-corrected chi connectivity index (χ1v) is 4.56. The van der Waals surface area contributed by atoms with Gasteiger partial charge in [0, 0.05) is 10.7 Å². The highest BCUT2D eigenvalue weighted by molar-refractivity contribution is 6.30. The van der Waals surface area contributed by atoms with Crippen molar-refractivity contribution < 1.29 is 0 Å². The van der Waals surface area contributed by atoms with Gasteiger partial charge in [0.25, 0.3) is 0 Å². The lowest BCUT2D eigenvalue weighted by Crippen LogP contribution is -2.00. The number of hydrogen-bond acceptors (Lipinski definition) is 4. The summed E-state index contributed by atoms with van der Waals surface area (Å²) in [5.74, 6) is 0. The first kappa shape index (κ1) is 11.6. The van der Waals surface area contributed by atoms with Gasteiger partial charge in [-0.1, -0.05) is 11.6 Å². The maximum atomic E-state index is 8.78. The van der Waals surface area contributed by atoms with Crippen molar-refractivity contribution in [3.8, 4) is 18.2 Å². The molecule has 0 aliphatic carbocycles. The van der Waals surface area contributed by atoms with E-state index in [1.807, 2.05) is 0 Å². The summed E-state index contributed by atoms with van der Waals surface area (Å²) < 4.78 is 0. The van der Waals surface area contributed by atoms with Gasteiger partial charge in [-0.15, -0.1) is 0 Å². The van der Waals surface area contributed by atoms with E-state index in [2.05, 4.69) is 5.32 Å². The maximum absolute atomic E-state index is 8.78. The third-order valence-corrected chi connectivity index (χ3v) is 1.95. The van der Waals surface area contributed by atoms with Gasteiger partial charge >= 0.3 is 0 Å². The molecule has 0 aliphatic rings. The van der Waals surface area contributed by atoms with Crippen LogP contribution in [0.4, 0.5) is 5.69 Å². The van der Waals surface area contributed by atoms with E-state index in [0.29, 0.717) is 10.7 Å². The van der Waals surface area contributed by atoms with Crippen molar-refractivity contribution in [2.45, 2.75) is 0 Å². The molecule has 16 heavy (non-hydrogen) atoms. The molecule has 1 N–H and O–H groups in total. The predicted molar refractivity (Wildman–Crippen MR) is 58.9 cm³/mol. The molecule has 0 saturated heterocycles. The third-order valence-electron chi connectivity index (χ3n) is 1.70. The van der Waals surface area contributed by atoms with Gasteiger partial charge in [0.2, 0.25) is 0 Å². The number of nitrogens with one attached hydrogen (secondary N) is 1. The lowest BCUT2D eigenvalue weighted by molar-refractivity contribution is 1.37. The van der Waals surface area contributed by atoms with E-state index in [1.54, 1.807) is 42.5 Å². The summed E-state index contributed by atoms with van der Waals surface area (Å²) >= 11 is 5.69. The van der Waals surface area contributed by atoms with Crippen molar-refractivity contribution in [2.75, 3.05) is 5.32 Å². The van der Waals surface area contributed by atoms with E-state index in [0.717, 1.165) is 0 Å². The molecular formula is C11H5ClN4.